The van der Waals surface area contributed by atoms with Gasteiger partial charge in [-0.2, -0.15) is 5.10 Å². The Morgan fingerprint density at radius 3 is 2.83 bits per heavy atom. The van der Waals surface area contributed by atoms with Crippen molar-refractivity contribution in [2.24, 2.45) is 7.05 Å². The molecule has 1 aliphatic rings. The van der Waals surface area contributed by atoms with E-state index in [9.17, 15) is 13.2 Å². The zero-order valence-corrected chi connectivity index (χ0v) is 14.4. The number of amides is 1. The van der Waals surface area contributed by atoms with Crippen molar-refractivity contribution in [2.75, 3.05) is 25.2 Å². The van der Waals surface area contributed by atoms with Gasteiger partial charge in [0.2, 0.25) is 0 Å². The molecule has 1 aliphatic heterocycles. The molecule has 24 heavy (non-hydrogen) atoms. The normalized spacial score (nSPS) is 19.9. The molecule has 1 atom stereocenters. The summed E-state index contributed by atoms with van der Waals surface area (Å²) in [5, 5.41) is 4.10. The smallest absolute Gasteiger partial charge is 0.254 e. The molecule has 7 nitrogen and oxygen atoms in total. The molecule has 0 spiro atoms. The van der Waals surface area contributed by atoms with Crippen molar-refractivity contribution in [1.82, 2.24) is 14.7 Å². The maximum Gasteiger partial charge on any atom is 0.254 e. The molecule has 1 saturated heterocycles. The molecule has 1 aromatic heterocycles. The Kier molecular flexibility index (Phi) is 4.31. The Bertz CT molecular complexity index is 860. The second-order valence-electron chi connectivity index (χ2n) is 5.81. The van der Waals surface area contributed by atoms with Gasteiger partial charge in [0.1, 0.15) is 5.75 Å². The third-order valence-electron chi connectivity index (χ3n) is 4.12. The summed E-state index contributed by atoms with van der Waals surface area (Å²) >= 11 is 0. The number of hydrogen-bond acceptors (Lipinski definition) is 5. The molecule has 2 heterocycles. The van der Waals surface area contributed by atoms with E-state index in [4.69, 9.17) is 4.74 Å². The highest BCUT2D eigenvalue weighted by molar-refractivity contribution is 7.91. The van der Waals surface area contributed by atoms with E-state index in [-0.39, 0.29) is 24.0 Å². The second kappa shape index (κ2) is 6.27. The lowest BCUT2D eigenvalue weighted by Crippen LogP contribution is -2.46. The molecule has 2 aromatic rings. The average Bonchev–Trinajstić information content (AvgIpc) is 3.00. The minimum atomic E-state index is -3.19. The van der Waals surface area contributed by atoms with Gasteiger partial charge in [0.15, 0.2) is 9.84 Å². The van der Waals surface area contributed by atoms with Gasteiger partial charge in [0, 0.05) is 30.9 Å². The topological polar surface area (TPSA) is 81.5 Å². The Morgan fingerprint density at radius 2 is 2.17 bits per heavy atom. The number of benzene rings is 1. The van der Waals surface area contributed by atoms with E-state index in [2.05, 4.69) is 5.10 Å². The van der Waals surface area contributed by atoms with Gasteiger partial charge in [0.05, 0.1) is 30.9 Å². The van der Waals surface area contributed by atoms with Gasteiger partial charge in [-0.25, -0.2) is 8.42 Å². The van der Waals surface area contributed by atoms with Gasteiger partial charge in [-0.3, -0.25) is 9.48 Å². The number of sulfone groups is 1. The molecular formula is C16H19N3O4S. The maximum absolute atomic E-state index is 12.9. The number of carbonyl (C=O) groups is 1. The number of carbonyl (C=O) groups excluding carboxylic acids is 1. The number of methoxy groups -OCH3 is 1. The van der Waals surface area contributed by atoms with Crippen LogP contribution < -0.4 is 4.74 Å². The maximum atomic E-state index is 12.9. The summed E-state index contributed by atoms with van der Waals surface area (Å²) in [6, 6.07) is 6.33. The van der Waals surface area contributed by atoms with Crippen LogP contribution >= 0.6 is 0 Å². The number of aryl methyl sites for hydroxylation is 1. The first-order valence-corrected chi connectivity index (χ1v) is 9.36. The Balaban J connectivity index is 1.95. The predicted octanol–water partition coefficient (Wildman–Crippen LogP) is 1.04. The molecule has 0 N–H and O–H groups in total. The van der Waals surface area contributed by atoms with Crippen LogP contribution in [0.4, 0.5) is 0 Å². The average molecular weight is 349 g/mol. The first-order valence-electron chi connectivity index (χ1n) is 7.53. The largest absolute Gasteiger partial charge is 0.497 e. The van der Waals surface area contributed by atoms with E-state index in [0.29, 0.717) is 11.3 Å². The molecule has 0 bridgehead atoms. The van der Waals surface area contributed by atoms with Gasteiger partial charge >= 0.3 is 0 Å². The predicted molar refractivity (Wildman–Crippen MR) is 88.6 cm³/mol. The number of aromatic nitrogens is 2. The van der Waals surface area contributed by atoms with Crippen molar-refractivity contribution in [1.29, 1.82) is 0 Å². The first-order chi connectivity index (χ1) is 11.4. The zero-order chi connectivity index (χ0) is 17.3. The summed E-state index contributed by atoms with van der Waals surface area (Å²) in [7, 11) is 0.108. The summed E-state index contributed by atoms with van der Waals surface area (Å²) in [6.07, 6.45) is 3.36. The summed E-state index contributed by atoms with van der Waals surface area (Å²) in [5.74, 6) is 0.259. The highest BCUT2D eigenvalue weighted by atomic mass is 32.2. The van der Waals surface area contributed by atoms with Crippen molar-refractivity contribution in [3.63, 3.8) is 0 Å². The Labute approximate surface area is 140 Å². The highest BCUT2D eigenvalue weighted by Crippen LogP contribution is 2.28. The zero-order valence-electron chi connectivity index (χ0n) is 13.5. The first kappa shape index (κ1) is 16.5. The quantitative estimate of drug-likeness (QED) is 0.827. The van der Waals surface area contributed by atoms with Crippen LogP contribution in [0, 0.1) is 0 Å². The van der Waals surface area contributed by atoms with E-state index in [1.807, 2.05) is 0 Å². The second-order valence-corrected chi connectivity index (χ2v) is 8.04. The van der Waals surface area contributed by atoms with Crippen LogP contribution in [0.2, 0.25) is 0 Å². The van der Waals surface area contributed by atoms with Gasteiger partial charge in [-0.1, -0.05) is 6.07 Å². The van der Waals surface area contributed by atoms with Crippen LogP contribution in [0.3, 0.4) is 0 Å². The lowest BCUT2D eigenvalue weighted by Gasteiger charge is -2.35. The third-order valence-corrected chi connectivity index (χ3v) is 5.75. The SMILES string of the molecule is COc1cccc(C(=O)N2CCS(=O)(=O)CC2c2cnn(C)c2)c1. The monoisotopic (exact) mass is 349 g/mol. The minimum Gasteiger partial charge on any atom is -0.497 e. The van der Waals surface area contributed by atoms with Crippen LogP contribution in [0.25, 0.3) is 0 Å². The number of ether oxygens (including phenoxy) is 1. The molecule has 1 amide bonds. The van der Waals surface area contributed by atoms with Crippen molar-refractivity contribution >= 4 is 15.7 Å². The van der Waals surface area contributed by atoms with Gasteiger partial charge in [-0.15, -0.1) is 0 Å². The molecule has 0 radical (unpaired) electrons. The fraction of sp³-hybridized carbons (Fsp3) is 0.375. The van der Waals surface area contributed by atoms with E-state index in [0.717, 1.165) is 5.56 Å². The third kappa shape index (κ3) is 3.28. The standard InChI is InChI=1S/C16H19N3O4S/c1-18-10-13(9-17-18)15-11-24(21,22)7-6-19(15)16(20)12-4-3-5-14(8-12)23-2/h3-5,8-10,15H,6-7,11H2,1-2H3. The van der Waals surface area contributed by atoms with Gasteiger partial charge in [0.25, 0.3) is 5.91 Å². The van der Waals surface area contributed by atoms with E-state index in [1.165, 1.54) is 7.11 Å². The number of nitrogens with zero attached hydrogens (tertiary/aromatic N) is 3. The molecular weight excluding hydrogens is 330 g/mol. The Hall–Kier alpha value is -2.35. The summed E-state index contributed by atoms with van der Waals surface area (Å²) < 4.78 is 30.9. The summed E-state index contributed by atoms with van der Waals surface area (Å²) in [5.41, 5.74) is 1.19. The number of hydrogen-bond donors (Lipinski definition) is 0. The van der Waals surface area contributed by atoms with Crippen molar-refractivity contribution in [2.45, 2.75) is 6.04 Å². The van der Waals surface area contributed by atoms with Crippen molar-refractivity contribution in [3.8, 4) is 5.75 Å². The van der Waals surface area contributed by atoms with Crippen molar-refractivity contribution < 1.29 is 17.9 Å². The fourth-order valence-corrected chi connectivity index (χ4v) is 4.36. The lowest BCUT2D eigenvalue weighted by atomic mass is 10.1. The molecule has 1 fully saturated rings. The van der Waals surface area contributed by atoms with Crippen molar-refractivity contribution in [3.05, 3.63) is 47.8 Å². The fourth-order valence-electron chi connectivity index (χ4n) is 2.86. The molecule has 128 valence electrons. The molecule has 8 heteroatoms. The lowest BCUT2D eigenvalue weighted by molar-refractivity contribution is 0.0697. The van der Waals surface area contributed by atoms with Crippen LogP contribution in [0.1, 0.15) is 22.0 Å². The van der Waals surface area contributed by atoms with Gasteiger partial charge in [-0.05, 0) is 18.2 Å². The van der Waals surface area contributed by atoms with E-state index in [1.54, 1.807) is 53.3 Å². The molecule has 1 unspecified atom stereocenters. The highest BCUT2D eigenvalue weighted by Gasteiger charge is 2.36. The van der Waals surface area contributed by atoms with Gasteiger partial charge < -0.3 is 9.64 Å². The molecule has 3 rings (SSSR count). The molecule has 0 aliphatic carbocycles. The van der Waals surface area contributed by atoms with Crippen LogP contribution in [0.5, 0.6) is 5.75 Å². The number of rotatable bonds is 3. The van der Waals surface area contributed by atoms with E-state index < -0.39 is 15.9 Å². The molecule has 0 saturated carbocycles. The Morgan fingerprint density at radius 1 is 1.38 bits per heavy atom. The summed E-state index contributed by atoms with van der Waals surface area (Å²) in [4.78, 5) is 14.5. The molecule has 1 aromatic carbocycles. The summed E-state index contributed by atoms with van der Waals surface area (Å²) in [6.45, 7) is 0.165. The minimum absolute atomic E-state index is 0.0283. The van der Waals surface area contributed by atoms with E-state index >= 15 is 0 Å². The van der Waals surface area contributed by atoms with Crippen LogP contribution in [0.15, 0.2) is 36.7 Å². The van der Waals surface area contributed by atoms with Crippen LogP contribution in [-0.4, -0.2) is 54.2 Å². The van der Waals surface area contributed by atoms with Crippen LogP contribution in [-0.2, 0) is 16.9 Å².